The largest absolute Gasteiger partial charge is 0.399 e. The van der Waals surface area contributed by atoms with E-state index in [1.165, 1.54) is 16.7 Å². The summed E-state index contributed by atoms with van der Waals surface area (Å²) in [6.45, 7) is 6.70. The molecule has 0 heterocycles. The highest BCUT2D eigenvalue weighted by Crippen LogP contribution is 2.26. The topological polar surface area (TPSA) is 38.0 Å². The van der Waals surface area contributed by atoms with E-state index in [9.17, 15) is 0 Å². The predicted octanol–water partition coefficient (Wildman–Crippen LogP) is 3.88. The summed E-state index contributed by atoms with van der Waals surface area (Å²) in [7, 11) is 1.98. The van der Waals surface area contributed by atoms with Crippen molar-refractivity contribution in [3.63, 3.8) is 0 Å². The number of nitrogens with two attached hydrogens (primary N) is 1. The van der Waals surface area contributed by atoms with E-state index in [1.807, 2.05) is 19.2 Å². The van der Waals surface area contributed by atoms with Gasteiger partial charge in [-0.25, -0.2) is 0 Å². The second-order valence-corrected chi connectivity index (χ2v) is 6.26. The van der Waals surface area contributed by atoms with E-state index in [1.54, 1.807) is 0 Å². The van der Waals surface area contributed by atoms with Gasteiger partial charge in [-0.05, 0) is 41.3 Å². The lowest BCUT2D eigenvalue weighted by Crippen LogP contribution is -2.18. The number of benzene rings is 2. The SMILES string of the molecule is CNC(c1ccc(N)cc1)c1ccc(C(C)(C)C)cc1. The van der Waals surface area contributed by atoms with Gasteiger partial charge >= 0.3 is 0 Å². The highest BCUT2D eigenvalue weighted by atomic mass is 14.9. The molecule has 0 bridgehead atoms. The fourth-order valence-corrected chi connectivity index (χ4v) is 2.39. The molecule has 1 atom stereocenters. The van der Waals surface area contributed by atoms with Crippen molar-refractivity contribution < 1.29 is 0 Å². The van der Waals surface area contributed by atoms with E-state index in [0.29, 0.717) is 0 Å². The molecular weight excluding hydrogens is 244 g/mol. The molecule has 2 heteroatoms. The zero-order chi connectivity index (χ0) is 14.8. The Balaban J connectivity index is 2.30. The van der Waals surface area contributed by atoms with Gasteiger partial charge in [0, 0.05) is 5.69 Å². The summed E-state index contributed by atoms with van der Waals surface area (Å²) < 4.78 is 0. The lowest BCUT2D eigenvalue weighted by atomic mass is 9.86. The molecule has 2 rings (SSSR count). The van der Waals surface area contributed by atoms with Crippen LogP contribution in [0.25, 0.3) is 0 Å². The molecule has 2 nitrogen and oxygen atoms in total. The van der Waals surface area contributed by atoms with E-state index < -0.39 is 0 Å². The lowest BCUT2D eigenvalue weighted by molar-refractivity contribution is 0.589. The van der Waals surface area contributed by atoms with Crippen LogP contribution < -0.4 is 11.1 Å². The second kappa shape index (κ2) is 5.68. The van der Waals surface area contributed by atoms with Crippen molar-refractivity contribution in [1.82, 2.24) is 5.32 Å². The average Bonchev–Trinajstić information content (AvgIpc) is 2.41. The molecule has 2 aromatic rings. The van der Waals surface area contributed by atoms with Crippen LogP contribution in [0.4, 0.5) is 5.69 Å². The zero-order valence-corrected chi connectivity index (χ0v) is 12.8. The maximum Gasteiger partial charge on any atom is 0.0574 e. The van der Waals surface area contributed by atoms with Crippen LogP contribution in [0.3, 0.4) is 0 Å². The first kappa shape index (κ1) is 14.6. The molecule has 0 fully saturated rings. The molecule has 0 spiro atoms. The fraction of sp³-hybridized carbons (Fsp3) is 0.333. The minimum Gasteiger partial charge on any atom is -0.399 e. The van der Waals surface area contributed by atoms with Crippen LogP contribution in [0, 0.1) is 0 Å². The number of nitrogen functional groups attached to an aromatic ring is 1. The average molecular weight is 268 g/mol. The van der Waals surface area contributed by atoms with Gasteiger partial charge in [0.1, 0.15) is 0 Å². The highest BCUT2D eigenvalue weighted by molar-refractivity contribution is 5.43. The first-order valence-electron chi connectivity index (χ1n) is 7.05. The lowest BCUT2D eigenvalue weighted by Gasteiger charge is -2.22. The van der Waals surface area contributed by atoms with Crippen molar-refractivity contribution >= 4 is 5.69 Å². The van der Waals surface area contributed by atoms with Gasteiger partial charge in [0.15, 0.2) is 0 Å². The highest BCUT2D eigenvalue weighted by Gasteiger charge is 2.15. The minimum atomic E-state index is 0.189. The quantitative estimate of drug-likeness (QED) is 0.829. The minimum absolute atomic E-state index is 0.189. The number of hydrogen-bond donors (Lipinski definition) is 2. The standard InChI is InChI=1S/C18H24N2/c1-18(2,3)15-9-5-13(6-10-15)17(20-4)14-7-11-16(19)12-8-14/h5-12,17,20H,19H2,1-4H3. The first-order chi connectivity index (χ1) is 9.41. The molecule has 3 N–H and O–H groups in total. The smallest absolute Gasteiger partial charge is 0.0574 e. The van der Waals surface area contributed by atoms with E-state index in [-0.39, 0.29) is 11.5 Å². The molecule has 0 saturated heterocycles. The van der Waals surface area contributed by atoms with Gasteiger partial charge in [-0.3, -0.25) is 0 Å². The Morgan fingerprint density at radius 3 is 1.70 bits per heavy atom. The molecule has 20 heavy (non-hydrogen) atoms. The zero-order valence-electron chi connectivity index (χ0n) is 12.8. The fourth-order valence-electron chi connectivity index (χ4n) is 2.39. The van der Waals surface area contributed by atoms with Gasteiger partial charge < -0.3 is 11.1 Å². The van der Waals surface area contributed by atoms with Crippen molar-refractivity contribution in [1.29, 1.82) is 0 Å². The van der Waals surface area contributed by atoms with E-state index in [0.717, 1.165) is 5.69 Å². The molecule has 0 amide bonds. The third kappa shape index (κ3) is 3.20. The Labute approximate surface area is 122 Å². The van der Waals surface area contributed by atoms with Crippen LogP contribution in [0.2, 0.25) is 0 Å². The van der Waals surface area contributed by atoms with Gasteiger partial charge in [-0.2, -0.15) is 0 Å². The Hall–Kier alpha value is -1.80. The van der Waals surface area contributed by atoms with Gasteiger partial charge in [-0.1, -0.05) is 57.2 Å². The maximum absolute atomic E-state index is 5.75. The molecular formula is C18H24N2. The van der Waals surface area contributed by atoms with Crippen LogP contribution in [0.1, 0.15) is 43.5 Å². The van der Waals surface area contributed by atoms with Crippen molar-refractivity contribution in [3.8, 4) is 0 Å². The van der Waals surface area contributed by atoms with Gasteiger partial charge in [-0.15, -0.1) is 0 Å². The summed E-state index contributed by atoms with van der Waals surface area (Å²) in [5.74, 6) is 0. The molecule has 0 aromatic heterocycles. The number of anilines is 1. The Kier molecular flexibility index (Phi) is 4.15. The Morgan fingerprint density at radius 2 is 1.30 bits per heavy atom. The van der Waals surface area contributed by atoms with Gasteiger partial charge in [0.05, 0.1) is 6.04 Å². The summed E-state index contributed by atoms with van der Waals surface area (Å²) >= 11 is 0. The van der Waals surface area contributed by atoms with Crippen LogP contribution >= 0.6 is 0 Å². The van der Waals surface area contributed by atoms with Gasteiger partial charge in [0.2, 0.25) is 0 Å². The molecule has 0 aliphatic heterocycles. The summed E-state index contributed by atoms with van der Waals surface area (Å²) in [6, 6.07) is 17.1. The van der Waals surface area contributed by atoms with Crippen molar-refractivity contribution in [3.05, 3.63) is 65.2 Å². The first-order valence-corrected chi connectivity index (χ1v) is 7.05. The third-order valence-electron chi connectivity index (χ3n) is 3.67. The summed E-state index contributed by atoms with van der Waals surface area (Å²) in [4.78, 5) is 0. The van der Waals surface area contributed by atoms with E-state index in [4.69, 9.17) is 5.73 Å². The Morgan fingerprint density at radius 1 is 0.850 bits per heavy atom. The maximum atomic E-state index is 5.75. The van der Waals surface area contributed by atoms with Crippen LogP contribution in [0.15, 0.2) is 48.5 Å². The van der Waals surface area contributed by atoms with Crippen LogP contribution in [0.5, 0.6) is 0 Å². The summed E-state index contributed by atoms with van der Waals surface area (Å²) in [5.41, 5.74) is 10.6. The molecule has 0 saturated carbocycles. The Bertz CT molecular complexity index is 547. The number of hydrogen-bond acceptors (Lipinski definition) is 2. The molecule has 2 aromatic carbocycles. The van der Waals surface area contributed by atoms with E-state index >= 15 is 0 Å². The monoisotopic (exact) mass is 268 g/mol. The second-order valence-electron chi connectivity index (χ2n) is 6.26. The summed E-state index contributed by atoms with van der Waals surface area (Å²) in [6.07, 6.45) is 0. The molecule has 0 aliphatic carbocycles. The third-order valence-corrected chi connectivity index (χ3v) is 3.67. The number of rotatable bonds is 3. The predicted molar refractivity (Wildman–Crippen MR) is 86.9 cm³/mol. The normalized spacial score (nSPS) is 13.2. The van der Waals surface area contributed by atoms with Crippen molar-refractivity contribution in [2.24, 2.45) is 0 Å². The van der Waals surface area contributed by atoms with Crippen LogP contribution in [-0.2, 0) is 5.41 Å². The van der Waals surface area contributed by atoms with Crippen LogP contribution in [-0.4, -0.2) is 7.05 Å². The van der Waals surface area contributed by atoms with Crippen molar-refractivity contribution in [2.75, 3.05) is 12.8 Å². The molecule has 0 radical (unpaired) electrons. The molecule has 1 unspecified atom stereocenters. The number of nitrogens with one attached hydrogen (secondary N) is 1. The van der Waals surface area contributed by atoms with Gasteiger partial charge in [0.25, 0.3) is 0 Å². The van der Waals surface area contributed by atoms with E-state index in [2.05, 4.69) is 62.5 Å². The summed E-state index contributed by atoms with van der Waals surface area (Å²) in [5, 5.41) is 3.37. The molecule has 106 valence electrons. The van der Waals surface area contributed by atoms with Crippen molar-refractivity contribution in [2.45, 2.75) is 32.2 Å². The molecule has 0 aliphatic rings.